The average molecular weight is 1250 g/mol. The van der Waals surface area contributed by atoms with Crippen molar-refractivity contribution in [1.29, 1.82) is 0 Å². The number of piperidine rings is 2. The number of esters is 1. The van der Waals surface area contributed by atoms with Gasteiger partial charge < -0.3 is 45.3 Å². The number of benzene rings is 3. The van der Waals surface area contributed by atoms with E-state index in [1.54, 1.807) is 69.3 Å². The lowest BCUT2D eigenvalue weighted by atomic mass is 9.88. The molecule has 7 aromatic rings. The summed E-state index contributed by atoms with van der Waals surface area (Å²) in [6.45, 7) is 4.84. The molecule has 0 radical (unpaired) electrons. The molecule has 470 valence electrons. The third kappa shape index (κ3) is 17.5. The van der Waals surface area contributed by atoms with Gasteiger partial charge in [-0.2, -0.15) is 10.2 Å². The first-order valence-electron chi connectivity index (χ1n) is 30.2. The molecule has 0 atom stereocenters. The molecule has 2 saturated heterocycles. The van der Waals surface area contributed by atoms with Gasteiger partial charge in [-0.05, 0) is 107 Å². The standard InChI is InChI=1S/C41H53FN8O7.C22H27FN6S2/c1-47(26-36(53)44-25-39(56)57-3)38(55)27-50-33-13-11-12-30(31-23-34-29(22-32(31)42)24-45-48(34)2)40(33)41(46-50)28-16-19-49(20-17-28)37(54)15-14-35(52)43-18-9-7-5-4-6-8-10-21-51;1-3-13-30-28-16-6-4-5-15(18(16)23)19-20(17-7-10-25-22(24)26-17)31-21(27-19)14-8-11-29(2)12-9-14/h11-13,21-24,28H,4-10,14-20,25-27H2,1-3H3,(H,43,52)(H,44,53);4-7,10,14,28H,3,8-9,11-13H2,1-2H3,(H2,24,25,26). The number of fused-ring (bicyclic) bond motifs is 2. The molecule has 0 spiro atoms. The molecule has 4 aromatic heterocycles. The lowest BCUT2D eigenvalue weighted by Gasteiger charge is -2.31. The first kappa shape index (κ1) is 66.1. The number of methoxy groups -OCH3 is 1. The summed E-state index contributed by atoms with van der Waals surface area (Å²) in [7, 11) is 6.63. The molecule has 2 aliphatic heterocycles. The van der Waals surface area contributed by atoms with Gasteiger partial charge in [-0.15, -0.1) is 11.3 Å². The molecular formula is C63H80F2N14O7S2. The Balaban J connectivity index is 0.000000271. The number of nitrogens with zero attached hydrogens (tertiary/aromatic N) is 10. The average Bonchev–Trinajstić information content (AvgIpc) is 2.81. The fraction of sp³-hybridized carbons (Fsp3) is 0.476. The number of anilines is 2. The summed E-state index contributed by atoms with van der Waals surface area (Å²) in [5.74, 6) is -1.15. The van der Waals surface area contributed by atoms with Crippen LogP contribution >= 0.6 is 23.3 Å². The van der Waals surface area contributed by atoms with Gasteiger partial charge in [-0.3, -0.25) is 33.3 Å². The number of aldehydes is 1. The summed E-state index contributed by atoms with van der Waals surface area (Å²) in [5.41, 5.74) is 11.1. The fourth-order valence-electron chi connectivity index (χ4n) is 10.9. The number of likely N-dealkylation sites (tertiary alicyclic amines) is 2. The van der Waals surface area contributed by atoms with E-state index >= 15 is 8.78 Å². The van der Waals surface area contributed by atoms with Crippen molar-refractivity contribution < 1.29 is 42.3 Å². The maximum absolute atomic E-state index is 15.9. The van der Waals surface area contributed by atoms with Crippen molar-refractivity contribution in [3.8, 4) is 33.0 Å². The number of nitrogen functional groups attached to an aromatic ring is 1. The Labute approximate surface area is 520 Å². The van der Waals surface area contributed by atoms with Crippen LogP contribution in [0.15, 0.2) is 67.0 Å². The maximum Gasteiger partial charge on any atom is 0.325 e. The maximum atomic E-state index is 15.9. The number of hydrogen-bond donors (Lipinski definition) is 4. The molecule has 6 heterocycles. The zero-order chi connectivity index (χ0) is 62.7. The second-order valence-corrected chi connectivity index (χ2v) is 24.2. The number of nitrogens with two attached hydrogens (primary N) is 1. The molecule has 25 heteroatoms. The smallest absolute Gasteiger partial charge is 0.325 e. The van der Waals surface area contributed by atoms with Gasteiger partial charge in [-0.25, -0.2) is 23.7 Å². The third-order valence-electron chi connectivity index (χ3n) is 15.9. The number of likely N-dealkylation sites (N-methyl/N-ethyl adjacent to an activating group) is 1. The SMILES string of the molecule is CCCSNc1cccc(-c2nc(C3CCN(C)CC3)sc2-c2ccnc(N)n2)c1F.COC(=O)CNC(=O)CN(C)C(=O)Cn1nc(C2CCN(C(=O)CCC(=O)NCCCCCCCCC=O)CC2)c2c(-c3cc4c(cnn4C)cc3F)cccc21. The van der Waals surface area contributed by atoms with E-state index in [-0.39, 0.29) is 62.0 Å². The number of nitrogens with one attached hydrogen (secondary N) is 3. The molecule has 0 aliphatic carbocycles. The van der Waals surface area contributed by atoms with Crippen molar-refractivity contribution in [3.63, 3.8) is 0 Å². The van der Waals surface area contributed by atoms with E-state index in [0.717, 1.165) is 98.3 Å². The number of unbranched alkanes of at least 4 members (excludes halogenated alkanes) is 6. The molecule has 88 heavy (non-hydrogen) atoms. The summed E-state index contributed by atoms with van der Waals surface area (Å²) in [4.78, 5) is 92.9. The molecule has 9 rings (SSSR count). The van der Waals surface area contributed by atoms with E-state index in [4.69, 9.17) is 15.8 Å². The number of hydrogen-bond acceptors (Lipinski definition) is 17. The molecule has 5 N–H and O–H groups in total. The van der Waals surface area contributed by atoms with Crippen molar-refractivity contribution in [2.45, 2.75) is 115 Å². The van der Waals surface area contributed by atoms with Crippen LogP contribution in [0.25, 0.3) is 54.8 Å². The number of thiazole rings is 1. The minimum absolute atomic E-state index is 0.0918. The monoisotopic (exact) mass is 1250 g/mol. The number of aryl methyl sites for hydroxylation is 1. The number of rotatable bonds is 27. The first-order valence-corrected chi connectivity index (χ1v) is 32.0. The minimum Gasteiger partial charge on any atom is -0.468 e. The van der Waals surface area contributed by atoms with E-state index in [9.17, 15) is 28.8 Å². The van der Waals surface area contributed by atoms with Crippen molar-refractivity contribution in [2.75, 3.05) is 83.2 Å². The van der Waals surface area contributed by atoms with Crippen LogP contribution in [0, 0.1) is 11.6 Å². The summed E-state index contributed by atoms with van der Waals surface area (Å²) in [6, 6.07) is 15.9. The highest BCUT2D eigenvalue weighted by Gasteiger charge is 2.31. The van der Waals surface area contributed by atoms with Crippen LogP contribution in [-0.2, 0) is 47.1 Å². The minimum atomic E-state index is -0.613. The van der Waals surface area contributed by atoms with Crippen molar-refractivity contribution in [1.82, 2.24) is 59.8 Å². The molecule has 3 aromatic carbocycles. The van der Waals surface area contributed by atoms with Crippen molar-refractivity contribution in [2.24, 2.45) is 7.05 Å². The fourth-order valence-corrected chi connectivity index (χ4v) is 12.8. The third-order valence-corrected chi connectivity index (χ3v) is 18.1. The van der Waals surface area contributed by atoms with Gasteiger partial charge in [0.2, 0.25) is 29.6 Å². The van der Waals surface area contributed by atoms with Crippen LogP contribution in [-0.4, -0.2) is 158 Å². The predicted octanol–water partition coefficient (Wildman–Crippen LogP) is 9.28. The van der Waals surface area contributed by atoms with E-state index in [1.165, 1.54) is 37.1 Å². The van der Waals surface area contributed by atoms with Crippen LogP contribution in [0.1, 0.15) is 119 Å². The summed E-state index contributed by atoms with van der Waals surface area (Å²) < 4.78 is 42.3. The highest BCUT2D eigenvalue weighted by Crippen LogP contribution is 2.44. The van der Waals surface area contributed by atoms with Gasteiger partial charge in [0, 0.05) is 98.7 Å². The molecule has 4 amide bonds. The predicted molar refractivity (Wildman–Crippen MR) is 340 cm³/mol. The van der Waals surface area contributed by atoms with Crippen molar-refractivity contribution in [3.05, 3.63) is 89.3 Å². The van der Waals surface area contributed by atoms with Gasteiger partial charge in [-0.1, -0.05) is 62.8 Å². The van der Waals surface area contributed by atoms with E-state index < -0.39 is 23.6 Å². The number of amides is 4. The zero-order valence-electron chi connectivity index (χ0n) is 50.8. The Morgan fingerprint density at radius 3 is 2.32 bits per heavy atom. The first-order chi connectivity index (χ1) is 42.6. The molecule has 2 aliphatic rings. The lowest BCUT2D eigenvalue weighted by Crippen LogP contribution is -2.41. The number of carbonyl (C=O) groups is 6. The number of halogens is 2. The molecule has 0 bridgehead atoms. The Kier molecular flexibility index (Phi) is 24.3. The highest BCUT2D eigenvalue weighted by molar-refractivity contribution is 8.00. The lowest BCUT2D eigenvalue weighted by molar-refractivity contribution is -0.141. The second-order valence-electron chi connectivity index (χ2n) is 22.3. The Morgan fingerprint density at radius 2 is 1.58 bits per heavy atom. The Hall–Kier alpha value is -7.90. The van der Waals surface area contributed by atoms with Crippen LogP contribution in [0.5, 0.6) is 0 Å². The van der Waals surface area contributed by atoms with Gasteiger partial charge in [0.1, 0.15) is 25.2 Å². The van der Waals surface area contributed by atoms with Gasteiger partial charge in [0.05, 0.1) is 63.5 Å². The summed E-state index contributed by atoms with van der Waals surface area (Å²) >= 11 is 3.10. The number of aromatic nitrogens is 7. The van der Waals surface area contributed by atoms with Gasteiger partial charge in [0.15, 0.2) is 5.82 Å². The van der Waals surface area contributed by atoms with Crippen LogP contribution in [0.4, 0.5) is 20.4 Å². The molecular weight excluding hydrogens is 1170 g/mol. The van der Waals surface area contributed by atoms with E-state index in [1.807, 2.05) is 24.3 Å². The molecule has 2 fully saturated rings. The largest absolute Gasteiger partial charge is 0.468 e. The molecule has 0 saturated carbocycles. The normalized spacial score (nSPS) is 13.9. The van der Waals surface area contributed by atoms with Crippen LogP contribution < -0.4 is 21.1 Å². The van der Waals surface area contributed by atoms with Crippen LogP contribution in [0.2, 0.25) is 0 Å². The van der Waals surface area contributed by atoms with E-state index in [2.05, 4.69) is 54.0 Å². The molecule has 0 unspecified atom stereocenters. The topological polar surface area (TPSA) is 258 Å². The van der Waals surface area contributed by atoms with Crippen molar-refractivity contribution >= 4 is 92.6 Å². The summed E-state index contributed by atoms with van der Waals surface area (Å²) in [5, 5.41) is 17.0. The second kappa shape index (κ2) is 32.4. The van der Waals surface area contributed by atoms with Crippen LogP contribution in [0.3, 0.4) is 0 Å². The number of ether oxygens (including phenoxy) is 1. The van der Waals surface area contributed by atoms with E-state index in [0.29, 0.717) is 101 Å². The van der Waals surface area contributed by atoms with Gasteiger partial charge in [0.25, 0.3) is 0 Å². The Bertz CT molecular complexity index is 3540. The zero-order valence-corrected chi connectivity index (χ0v) is 52.5. The molecule has 21 nitrogen and oxygen atoms in total. The number of carbonyl (C=O) groups excluding carboxylic acids is 6. The highest BCUT2D eigenvalue weighted by atomic mass is 32.2. The van der Waals surface area contributed by atoms with Gasteiger partial charge >= 0.3 is 5.97 Å². The summed E-state index contributed by atoms with van der Waals surface area (Å²) in [6.07, 6.45) is 15.3. The quantitative estimate of drug-likeness (QED) is 0.0162. The Morgan fingerprint density at radius 1 is 0.852 bits per heavy atom.